The highest BCUT2D eigenvalue weighted by molar-refractivity contribution is 5.73. The van der Waals surface area contributed by atoms with Crippen molar-refractivity contribution in [2.45, 2.75) is 66.8 Å². The first-order valence-electron chi connectivity index (χ1n) is 16.9. The van der Waals surface area contributed by atoms with Crippen LogP contribution in [0.5, 0.6) is 0 Å². The summed E-state index contributed by atoms with van der Waals surface area (Å²) in [4.78, 5) is 12.6. The molecule has 3 heterocycles. The minimum absolute atomic E-state index is 0.347. The first-order valence-corrected chi connectivity index (χ1v) is 16.9. The fourth-order valence-electron chi connectivity index (χ4n) is 6.03. The van der Waals surface area contributed by atoms with Crippen LogP contribution in [0.3, 0.4) is 0 Å². The summed E-state index contributed by atoms with van der Waals surface area (Å²) in [5, 5.41) is 0. The lowest BCUT2D eigenvalue weighted by atomic mass is 9.97. The quantitative estimate of drug-likeness (QED) is 0.164. The van der Waals surface area contributed by atoms with Gasteiger partial charge in [0.15, 0.2) is 5.82 Å². The molecule has 0 N–H and O–H groups in total. The number of fused-ring (bicyclic) bond motifs is 1. The van der Waals surface area contributed by atoms with E-state index in [1.807, 2.05) is 51.1 Å². The van der Waals surface area contributed by atoms with Crippen molar-refractivity contribution in [2.24, 2.45) is 0 Å². The zero-order valence-electron chi connectivity index (χ0n) is 28.6. The predicted molar refractivity (Wildman–Crippen MR) is 198 cm³/mol. The summed E-state index contributed by atoms with van der Waals surface area (Å²) < 4.78 is 2.37. The standard InChI is InChI=1S/C35H34N4.C5H10.C2H6/c1-4-20-38-21-19-31-26(5-2)24-39(34(31)25(38)3)30-18-12-17-29(22-30)33-23-32(27-13-8-6-9-14-27)36-35(37-33)28-15-10-7-11-16-28;1-3-5-4-2;1-2/h5-18,22-25H,2,4,19-21H2,1,3H3;3,5H,4H2,1-2H3;1-2H3/b;5-3-;. The van der Waals surface area contributed by atoms with E-state index >= 15 is 0 Å². The first-order chi connectivity index (χ1) is 22.6. The molecule has 1 atom stereocenters. The van der Waals surface area contributed by atoms with Crippen LogP contribution in [0.1, 0.15) is 77.2 Å². The van der Waals surface area contributed by atoms with Gasteiger partial charge < -0.3 is 4.57 Å². The van der Waals surface area contributed by atoms with Gasteiger partial charge in [0, 0.05) is 46.9 Å². The molecule has 0 amide bonds. The smallest absolute Gasteiger partial charge is 0.160 e. The van der Waals surface area contributed by atoms with Crippen LogP contribution in [-0.4, -0.2) is 32.5 Å². The van der Waals surface area contributed by atoms with Gasteiger partial charge in [-0.25, -0.2) is 9.97 Å². The van der Waals surface area contributed by atoms with Crippen LogP contribution in [0.25, 0.3) is 45.7 Å². The fourth-order valence-corrected chi connectivity index (χ4v) is 6.03. The van der Waals surface area contributed by atoms with Crippen molar-refractivity contribution in [2.75, 3.05) is 13.1 Å². The van der Waals surface area contributed by atoms with Crippen LogP contribution in [0.15, 0.2) is 116 Å². The summed E-state index contributed by atoms with van der Waals surface area (Å²) in [7, 11) is 0. The fraction of sp³-hybridized carbons (Fsp3) is 0.286. The maximum Gasteiger partial charge on any atom is 0.160 e. The van der Waals surface area contributed by atoms with Gasteiger partial charge in [-0.3, -0.25) is 4.90 Å². The van der Waals surface area contributed by atoms with Gasteiger partial charge in [0.05, 0.1) is 11.4 Å². The van der Waals surface area contributed by atoms with E-state index in [0.29, 0.717) is 6.04 Å². The Labute approximate surface area is 277 Å². The minimum atomic E-state index is 0.347. The molecule has 2 aromatic heterocycles. The monoisotopic (exact) mass is 610 g/mol. The van der Waals surface area contributed by atoms with E-state index in [1.165, 1.54) is 16.8 Å². The van der Waals surface area contributed by atoms with Crippen LogP contribution in [0.4, 0.5) is 0 Å². The number of hydrogen-bond donors (Lipinski definition) is 0. The second-order valence-electron chi connectivity index (χ2n) is 11.2. The third-order valence-corrected chi connectivity index (χ3v) is 8.23. The average molecular weight is 611 g/mol. The largest absolute Gasteiger partial charge is 0.318 e. The van der Waals surface area contributed by atoms with Crippen LogP contribution < -0.4 is 0 Å². The lowest BCUT2D eigenvalue weighted by Crippen LogP contribution is -2.35. The summed E-state index contributed by atoms with van der Waals surface area (Å²) in [6, 6.07) is 31.7. The van der Waals surface area contributed by atoms with Gasteiger partial charge in [0.2, 0.25) is 0 Å². The SMILES string of the molecule is C/C=C\CC.C=Cc1cn(-c2cccc(-c3cc(-c4ccccc4)nc(-c4ccccc4)n3)c2)c2c1CCN(CCC)C2C.CC. The zero-order valence-corrected chi connectivity index (χ0v) is 28.6. The van der Waals surface area contributed by atoms with E-state index in [4.69, 9.17) is 9.97 Å². The van der Waals surface area contributed by atoms with Gasteiger partial charge in [-0.1, -0.05) is 125 Å². The highest BCUT2D eigenvalue weighted by atomic mass is 15.2. The number of rotatable bonds is 8. The number of aromatic nitrogens is 3. The van der Waals surface area contributed by atoms with E-state index < -0.39 is 0 Å². The molecule has 4 heteroatoms. The summed E-state index contributed by atoms with van der Waals surface area (Å²) in [6.45, 7) is 19.1. The van der Waals surface area contributed by atoms with Gasteiger partial charge in [0.1, 0.15) is 0 Å². The number of nitrogens with zero attached hydrogens (tertiary/aromatic N) is 4. The average Bonchev–Trinajstić information content (AvgIpc) is 3.51. The molecule has 0 spiro atoms. The third-order valence-electron chi connectivity index (χ3n) is 8.23. The Morgan fingerprint density at radius 2 is 1.46 bits per heavy atom. The highest BCUT2D eigenvalue weighted by Gasteiger charge is 2.29. The number of hydrogen-bond acceptors (Lipinski definition) is 3. The molecule has 46 heavy (non-hydrogen) atoms. The Balaban J connectivity index is 0.000000628. The lowest BCUT2D eigenvalue weighted by Gasteiger charge is -2.35. The molecule has 0 radical (unpaired) electrons. The summed E-state index contributed by atoms with van der Waals surface area (Å²) in [5.41, 5.74) is 10.2. The Morgan fingerprint density at radius 3 is 2.04 bits per heavy atom. The van der Waals surface area contributed by atoms with Gasteiger partial charge in [-0.15, -0.1) is 0 Å². The van der Waals surface area contributed by atoms with Crippen molar-refractivity contribution in [3.05, 3.63) is 133 Å². The van der Waals surface area contributed by atoms with Crippen molar-refractivity contribution in [1.82, 2.24) is 19.4 Å². The van der Waals surface area contributed by atoms with Crippen molar-refractivity contribution >= 4 is 6.08 Å². The summed E-state index contributed by atoms with van der Waals surface area (Å²) in [6.07, 6.45) is 11.8. The molecule has 3 aromatic carbocycles. The van der Waals surface area contributed by atoms with Crippen LogP contribution in [0, 0.1) is 0 Å². The van der Waals surface area contributed by atoms with Gasteiger partial charge >= 0.3 is 0 Å². The molecule has 1 aliphatic rings. The van der Waals surface area contributed by atoms with E-state index in [2.05, 4.69) is 122 Å². The van der Waals surface area contributed by atoms with Crippen molar-refractivity contribution in [3.63, 3.8) is 0 Å². The minimum Gasteiger partial charge on any atom is -0.318 e. The number of allylic oxidation sites excluding steroid dienone is 2. The maximum absolute atomic E-state index is 5.05. The normalized spacial score (nSPS) is 14.1. The van der Waals surface area contributed by atoms with Crippen LogP contribution >= 0.6 is 0 Å². The molecule has 0 aliphatic carbocycles. The van der Waals surface area contributed by atoms with E-state index in [9.17, 15) is 0 Å². The van der Waals surface area contributed by atoms with Crippen LogP contribution in [-0.2, 0) is 6.42 Å². The zero-order chi connectivity index (χ0) is 32.9. The molecule has 0 saturated heterocycles. The van der Waals surface area contributed by atoms with E-state index in [0.717, 1.165) is 71.9 Å². The molecule has 238 valence electrons. The molecule has 1 unspecified atom stereocenters. The Bertz CT molecular complexity index is 1640. The topological polar surface area (TPSA) is 34.0 Å². The first kappa shape index (κ1) is 34.3. The van der Waals surface area contributed by atoms with E-state index in [1.54, 1.807) is 0 Å². The van der Waals surface area contributed by atoms with Gasteiger partial charge in [-0.05, 0) is 69.0 Å². The Kier molecular flexibility index (Phi) is 12.9. The second kappa shape index (κ2) is 17.2. The predicted octanol–water partition coefficient (Wildman–Crippen LogP) is 11.2. The lowest BCUT2D eigenvalue weighted by molar-refractivity contribution is 0.193. The molecular weight excluding hydrogens is 560 g/mol. The van der Waals surface area contributed by atoms with Crippen molar-refractivity contribution in [1.29, 1.82) is 0 Å². The highest BCUT2D eigenvalue weighted by Crippen LogP contribution is 2.36. The summed E-state index contributed by atoms with van der Waals surface area (Å²) in [5.74, 6) is 0.730. The van der Waals surface area contributed by atoms with E-state index in [-0.39, 0.29) is 0 Å². The van der Waals surface area contributed by atoms with Crippen molar-refractivity contribution in [3.8, 4) is 39.6 Å². The van der Waals surface area contributed by atoms with Gasteiger partial charge in [-0.2, -0.15) is 0 Å². The molecule has 0 bridgehead atoms. The molecule has 0 saturated carbocycles. The Morgan fingerprint density at radius 1 is 0.826 bits per heavy atom. The van der Waals surface area contributed by atoms with Crippen molar-refractivity contribution < 1.29 is 0 Å². The van der Waals surface area contributed by atoms with Crippen LogP contribution in [0.2, 0.25) is 0 Å². The Hall–Kier alpha value is -4.54. The molecule has 4 nitrogen and oxygen atoms in total. The number of benzene rings is 3. The third kappa shape index (κ3) is 7.99. The molecule has 0 fully saturated rings. The van der Waals surface area contributed by atoms with Gasteiger partial charge in [0.25, 0.3) is 0 Å². The molecule has 6 rings (SSSR count). The molecule has 5 aromatic rings. The molecular formula is C42H50N4. The second-order valence-corrected chi connectivity index (χ2v) is 11.2. The maximum atomic E-state index is 5.05. The summed E-state index contributed by atoms with van der Waals surface area (Å²) >= 11 is 0. The molecule has 1 aliphatic heterocycles.